The number of carbonyl (C=O) groups excluding carboxylic acids is 2. The Hall–Kier alpha value is -2.33. The Bertz CT molecular complexity index is 771. The summed E-state index contributed by atoms with van der Waals surface area (Å²) in [5.74, 6) is -0.151. The Labute approximate surface area is 146 Å². The van der Waals surface area contributed by atoms with Crippen LogP contribution in [-0.4, -0.2) is 24.8 Å². The molecule has 1 heterocycles. The van der Waals surface area contributed by atoms with Crippen LogP contribution < -0.4 is 9.64 Å². The molecule has 0 saturated heterocycles. The van der Waals surface area contributed by atoms with Crippen molar-refractivity contribution < 1.29 is 14.3 Å². The molecule has 0 bridgehead atoms. The Balaban J connectivity index is 1.53. The number of unbranched alkanes of at least 4 members (excludes halogenated alkanes) is 1. The van der Waals surface area contributed by atoms with Crippen LogP contribution in [0.25, 0.3) is 0 Å². The number of para-hydroxylation sites is 1. The van der Waals surface area contributed by atoms with Gasteiger partial charge in [-0.15, -0.1) is 0 Å². The highest BCUT2D eigenvalue weighted by atomic mass is 35.5. The fraction of sp³-hybridized carbons (Fsp3) is 0.263. The zero-order chi connectivity index (χ0) is 17.1. The Morgan fingerprint density at radius 2 is 1.79 bits per heavy atom. The summed E-state index contributed by atoms with van der Waals surface area (Å²) in [6.45, 7) is 3.05. The summed E-state index contributed by atoms with van der Waals surface area (Å²) >= 11 is 6.16. The molecule has 0 aromatic heterocycles. The molecule has 1 aliphatic rings. The van der Waals surface area contributed by atoms with Gasteiger partial charge in [0.1, 0.15) is 5.75 Å². The first-order valence-corrected chi connectivity index (χ1v) is 8.30. The molecule has 3 rings (SSSR count). The zero-order valence-corrected chi connectivity index (χ0v) is 14.2. The average molecular weight is 344 g/mol. The van der Waals surface area contributed by atoms with Crippen LogP contribution in [0.4, 0.5) is 5.69 Å². The van der Waals surface area contributed by atoms with Crippen molar-refractivity contribution in [2.24, 2.45) is 0 Å². The minimum Gasteiger partial charge on any atom is -0.494 e. The van der Waals surface area contributed by atoms with Gasteiger partial charge >= 0.3 is 0 Å². The highest BCUT2D eigenvalue weighted by Crippen LogP contribution is 2.35. The fourth-order valence-electron chi connectivity index (χ4n) is 2.72. The largest absolute Gasteiger partial charge is 0.494 e. The van der Waals surface area contributed by atoms with Crippen LogP contribution in [0, 0.1) is 6.92 Å². The van der Waals surface area contributed by atoms with Gasteiger partial charge in [-0.3, -0.25) is 9.59 Å². The van der Waals surface area contributed by atoms with Gasteiger partial charge in [-0.2, -0.15) is 0 Å². The molecule has 0 radical (unpaired) electrons. The van der Waals surface area contributed by atoms with Gasteiger partial charge in [-0.1, -0.05) is 35.4 Å². The van der Waals surface area contributed by atoms with Gasteiger partial charge in [0.05, 0.1) is 22.9 Å². The smallest absolute Gasteiger partial charge is 0.299 e. The summed E-state index contributed by atoms with van der Waals surface area (Å²) in [6.07, 6.45) is 1.52. The van der Waals surface area contributed by atoms with Gasteiger partial charge in [0.2, 0.25) is 0 Å². The van der Waals surface area contributed by atoms with Crippen LogP contribution in [0.5, 0.6) is 5.75 Å². The lowest BCUT2D eigenvalue weighted by Gasteiger charge is -2.17. The average Bonchev–Trinajstić information content (AvgIpc) is 2.82. The molecule has 0 spiro atoms. The molecule has 0 fully saturated rings. The van der Waals surface area contributed by atoms with Crippen molar-refractivity contribution in [2.75, 3.05) is 18.1 Å². The van der Waals surface area contributed by atoms with Crippen LogP contribution >= 0.6 is 11.6 Å². The van der Waals surface area contributed by atoms with Gasteiger partial charge in [-0.25, -0.2) is 0 Å². The first kappa shape index (κ1) is 16.5. The monoisotopic (exact) mass is 343 g/mol. The quantitative estimate of drug-likeness (QED) is 0.587. The summed E-state index contributed by atoms with van der Waals surface area (Å²) in [5.41, 5.74) is 2.12. The minimum absolute atomic E-state index is 0.392. The molecule has 24 heavy (non-hydrogen) atoms. The third kappa shape index (κ3) is 3.29. The fourth-order valence-corrected chi connectivity index (χ4v) is 3.00. The van der Waals surface area contributed by atoms with Gasteiger partial charge in [0.25, 0.3) is 11.7 Å². The highest BCUT2D eigenvalue weighted by molar-refractivity contribution is 6.54. The van der Waals surface area contributed by atoms with Crippen molar-refractivity contribution in [3.05, 3.63) is 58.6 Å². The number of nitrogens with zero attached hydrogens (tertiary/aromatic N) is 1. The second-order valence-electron chi connectivity index (χ2n) is 5.79. The molecule has 1 aliphatic heterocycles. The molecule has 2 aromatic rings. The maximum Gasteiger partial charge on any atom is 0.299 e. The topological polar surface area (TPSA) is 46.6 Å². The molecule has 0 saturated carbocycles. The zero-order valence-electron chi connectivity index (χ0n) is 13.4. The van der Waals surface area contributed by atoms with E-state index < -0.39 is 11.7 Å². The van der Waals surface area contributed by atoms with Crippen molar-refractivity contribution >= 4 is 29.0 Å². The van der Waals surface area contributed by atoms with E-state index in [9.17, 15) is 9.59 Å². The van der Waals surface area contributed by atoms with E-state index in [4.69, 9.17) is 16.3 Å². The van der Waals surface area contributed by atoms with Crippen LogP contribution in [0.15, 0.2) is 42.5 Å². The second kappa shape index (κ2) is 7.05. The lowest BCUT2D eigenvalue weighted by molar-refractivity contribution is -0.114. The molecule has 5 heteroatoms. The van der Waals surface area contributed by atoms with E-state index in [0.29, 0.717) is 29.4 Å². The van der Waals surface area contributed by atoms with E-state index in [2.05, 4.69) is 0 Å². The predicted octanol–water partition coefficient (Wildman–Crippen LogP) is 4.04. The van der Waals surface area contributed by atoms with Crippen LogP contribution in [0.1, 0.15) is 28.8 Å². The molecule has 0 N–H and O–H groups in total. The van der Waals surface area contributed by atoms with E-state index in [1.165, 1.54) is 10.5 Å². The highest BCUT2D eigenvalue weighted by Gasteiger charge is 2.36. The number of Topliss-reactive ketones (excluding diaryl/α,β-unsaturated/α-hetero) is 1. The Morgan fingerprint density at radius 1 is 1.04 bits per heavy atom. The summed E-state index contributed by atoms with van der Waals surface area (Å²) in [4.78, 5) is 25.6. The summed E-state index contributed by atoms with van der Waals surface area (Å²) in [6, 6.07) is 12.9. The number of hydrogen-bond acceptors (Lipinski definition) is 3. The van der Waals surface area contributed by atoms with Crippen LogP contribution in [-0.2, 0) is 4.79 Å². The van der Waals surface area contributed by atoms with Gasteiger partial charge < -0.3 is 9.64 Å². The summed E-state index contributed by atoms with van der Waals surface area (Å²) in [7, 11) is 0. The third-order valence-electron chi connectivity index (χ3n) is 4.01. The molecule has 0 unspecified atom stereocenters. The Morgan fingerprint density at radius 3 is 2.54 bits per heavy atom. The number of amides is 1. The molecule has 4 nitrogen and oxygen atoms in total. The van der Waals surface area contributed by atoms with Crippen molar-refractivity contribution in [3.8, 4) is 5.75 Å². The van der Waals surface area contributed by atoms with Crippen LogP contribution in [0.3, 0.4) is 0 Å². The van der Waals surface area contributed by atoms with Crippen molar-refractivity contribution in [1.82, 2.24) is 0 Å². The SMILES string of the molecule is Cc1ccc(OCCCCN2C(=O)C(=O)c3cccc(Cl)c32)cc1. The van der Waals surface area contributed by atoms with E-state index in [0.717, 1.165) is 18.6 Å². The first-order chi connectivity index (χ1) is 11.6. The third-order valence-corrected chi connectivity index (χ3v) is 4.31. The summed E-state index contributed by atoms with van der Waals surface area (Å²) < 4.78 is 5.67. The van der Waals surface area contributed by atoms with Gasteiger partial charge in [0, 0.05) is 6.54 Å². The number of rotatable bonds is 6. The van der Waals surface area contributed by atoms with E-state index in [1.807, 2.05) is 31.2 Å². The molecule has 0 aliphatic carbocycles. The molecule has 124 valence electrons. The normalized spacial score (nSPS) is 13.3. The van der Waals surface area contributed by atoms with E-state index in [-0.39, 0.29) is 0 Å². The molecular weight excluding hydrogens is 326 g/mol. The standard InChI is InChI=1S/C19H18ClNO3/c1-13-7-9-14(10-8-13)24-12-3-2-11-21-17-15(18(22)19(21)23)5-4-6-16(17)20/h4-10H,2-3,11-12H2,1H3. The lowest BCUT2D eigenvalue weighted by atomic mass is 10.1. The van der Waals surface area contributed by atoms with Gasteiger partial charge in [-0.05, 0) is 44.0 Å². The number of hydrogen-bond donors (Lipinski definition) is 0. The van der Waals surface area contributed by atoms with Crippen LogP contribution in [0.2, 0.25) is 5.02 Å². The Kier molecular flexibility index (Phi) is 4.86. The number of anilines is 1. The number of carbonyl (C=O) groups is 2. The lowest BCUT2D eigenvalue weighted by Crippen LogP contribution is -2.31. The number of aryl methyl sites for hydroxylation is 1. The number of ether oxygens (including phenoxy) is 1. The molecule has 0 atom stereocenters. The molecular formula is C19H18ClNO3. The van der Waals surface area contributed by atoms with E-state index >= 15 is 0 Å². The number of fused-ring (bicyclic) bond motifs is 1. The predicted molar refractivity (Wildman–Crippen MR) is 94.0 cm³/mol. The molecule has 1 amide bonds. The summed E-state index contributed by atoms with van der Waals surface area (Å²) in [5, 5.41) is 0.433. The number of ketones is 1. The number of halogens is 1. The molecule has 2 aromatic carbocycles. The van der Waals surface area contributed by atoms with Crippen molar-refractivity contribution in [1.29, 1.82) is 0 Å². The first-order valence-electron chi connectivity index (χ1n) is 7.92. The van der Waals surface area contributed by atoms with Crippen molar-refractivity contribution in [2.45, 2.75) is 19.8 Å². The second-order valence-corrected chi connectivity index (χ2v) is 6.20. The maximum atomic E-state index is 12.1. The number of benzene rings is 2. The van der Waals surface area contributed by atoms with E-state index in [1.54, 1.807) is 18.2 Å². The minimum atomic E-state index is -0.502. The van der Waals surface area contributed by atoms with Gasteiger partial charge in [0.15, 0.2) is 0 Å². The van der Waals surface area contributed by atoms with Crippen molar-refractivity contribution in [3.63, 3.8) is 0 Å². The maximum absolute atomic E-state index is 12.1.